The highest BCUT2D eigenvalue weighted by Crippen LogP contribution is 2.25. The first-order valence-corrected chi connectivity index (χ1v) is 7.30. The first kappa shape index (κ1) is 13.5. The van der Waals surface area contributed by atoms with Crippen LogP contribution in [0.2, 0.25) is 0 Å². The number of fused-ring (bicyclic) bond motifs is 2. The molecule has 0 aliphatic heterocycles. The van der Waals surface area contributed by atoms with Gasteiger partial charge in [0.25, 0.3) is 0 Å². The van der Waals surface area contributed by atoms with Crippen molar-refractivity contribution in [2.24, 2.45) is 0 Å². The first-order valence-electron chi connectivity index (χ1n) is 7.30. The Kier molecular flexibility index (Phi) is 3.08. The van der Waals surface area contributed by atoms with Crippen LogP contribution in [0, 0.1) is 0 Å². The van der Waals surface area contributed by atoms with Crippen LogP contribution in [0.1, 0.15) is 26.4 Å². The molecule has 1 aliphatic carbocycles. The summed E-state index contributed by atoms with van der Waals surface area (Å²) in [5.74, 6) is -0.412. The smallest absolute Gasteiger partial charge is 0.205 e. The fourth-order valence-corrected chi connectivity index (χ4v) is 2.94. The van der Waals surface area contributed by atoms with E-state index in [1.165, 1.54) is 18.6 Å². The molecule has 1 aromatic heterocycles. The Morgan fingerprint density at radius 3 is 2.70 bits per heavy atom. The number of Topliss-reactive ketones (excluding diaryl/α,β-unsaturated/α-hetero) is 1. The van der Waals surface area contributed by atoms with Gasteiger partial charge in [0, 0.05) is 18.2 Å². The SMILES string of the molecule is O=C1C(Cc2cccc3ccccc23)=CC(=O)c2ncncc21. The summed E-state index contributed by atoms with van der Waals surface area (Å²) < 4.78 is 0. The van der Waals surface area contributed by atoms with Crippen LogP contribution < -0.4 is 0 Å². The van der Waals surface area contributed by atoms with Gasteiger partial charge < -0.3 is 0 Å². The Morgan fingerprint density at radius 1 is 0.957 bits per heavy atom. The molecule has 0 N–H and O–H groups in total. The van der Waals surface area contributed by atoms with Gasteiger partial charge in [-0.3, -0.25) is 9.59 Å². The average Bonchev–Trinajstić information content (AvgIpc) is 2.60. The van der Waals surface area contributed by atoms with Crippen molar-refractivity contribution in [2.75, 3.05) is 0 Å². The van der Waals surface area contributed by atoms with Crippen molar-refractivity contribution in [2.45, 2.75) is 6.42 Å². The molecule has 0 amide bonds. The minimum absolute atomic E-state index is 0.173. The van der Waals surface area contributed by atoms with Crippen LogP contribution in [0.15, 0.2) is 66.6 Å². The van der Waals surface area contributed by atoms with Gasteiger partial charge in [-0.2, -0.15) is 0 Å². The molecule has 1 aliphatic rings. The molecule has 0 bridgehead atoms. The van der Waals surface area contributed by atoms with E-state index in [9.17, 15) is 9.59 Å². The van der Waals surface area contributed by atoms with Gasteiger partial charge in [-0.25, -0.2) is 9.97 Å². The van der Waals surface area contributed by atoms with E-state index in [-0.39, 0.29) is 22.8 Å². The van der Waals surface area contributed by atoms with Crippen molar-refractivity contribution in [3.8, 4) is 0 Å². The highest BCUT2D eigenvalue weighted by atomic mass is 16.1. The summed E-state index contributed by atoms with van der Waals surface area (Å²) in [7, 11) is 0. The Morgan fingerprint density at radius 2 is 1.78 bits per heavy atom. The third-order valence-electron chi connectivity index (χ3n) is 4.05. The summed E-state index contributed by atoms with van der Waals surface area (Å²) in [4.78, 5) is 32.6. The second-order valence-electron chi connectivity index (χ2n) is 5.46. The van der Waals surface area contributed by atoms with Crippen molar-refractivity contribution >= 4 is 22.3 Å². The summed E-state index contributed by atoms with van der Waals surface area (Å²) in [5.41, 5.74) is 1.98. The van der Waals surface area contributed by atoms with E-state index in [1.54, 1.807) is 0 Å². The number of carbonyl (C=O) groups excluding carboxylic acids is 2. The molecule has 4 rings (SSSR count). The standard InChI is InChI=1S/C19H12N2O2/c22-17-9-14(19(23)16-10-20-11-21-18(16)17)8-13-6-3-5-12-4-1-2-7-15(12)13/h1-7,9-11H,8H2. The largest absolute Gasteiger partial charge is 0.289 e. The van der Waals surface area contributed by atoms with Crippen LogP contribution in [-0.4, -0.2) is 21.5 Å². The number of hydrogen-bond donors (Lipinski definition) is 0. The molecule has 0 atom stereocenters. The maximum absolute atomic E-state index is 12.6. The van der Waals surface area contributed by atoms with Gasteiger partial charge in [-0.05, 0) is 22.4 Å². The van der Waals surface area contributed by atoms with E-state index in [1.807, 2.05) is 42.5 Å². The van der Waals surface area contributed by atoms with Gasteiger partial charge in [-0.15, -0.1) is 0 Å². The zero-order valence-corrected chi connectivity index (χ0v) is 12.2. The Bertz CT molecular complexity index is 984. The third-order valence-corrected chi connectivity index (χ3v) is 4.05. The summed E-state index contributed by atoms with van der Waals surface area (Å²) in [5, 5.41) is 2.20. The normalized spacial score (nSPS) is 13.8. The Labute approximate surface area is 132 Å². The maximum Gasteiger partial charge on any atom is 0.205 e. The van der Waals surface area contributed by atoms with Gasteiger partial charge in [0.2, 0.25) is 5.78 Å². The number of hydrogen-bond acceptors (Lipinski definition) is 4. The molecule has 23 heavy (non-hydrogen) atoms. The van der Waals surface area contributed by atoms with E-state index in [4.69, 9.17) is 0 Å². The lowest BCUT2D eigenvalue weighted by atomic mass is 9.89. The number of allylic oxidation sites excluding steroid dienone is 2. The molecule has 0 saturated carbocycles. The molecule has 0 saturated heterocycles. The van der Waals surface area contributed by atoms with Crippen molar-refractivity contribution in [3.63, 3.8) is 0 Å². The molecule has 4 heteroatoms. The van der Waals surface area contributed by atoms with E-state index in [2.05, 4.69) is 9.97 Å². The number of rotatable bonds is 2. The topological polar surface area (TPSA) is 59.9 Å². The average molecular weight is 300 g/mol. The molecule has 0 fully saturated rings. The highest BCUT2D eigenvalue weighted by molar-refractivity contribution is 6.23. The second kappa shape index (κ2) is 5.25. The minimum atomic E-state index is -0.239. The van der Waals surface area contributed by atoms with Gasteiger partial charge in [-0.1, -0.05) is 42.5 Å². The van der Waals surface area contributed by atoms with Crippen molar-refractivity contribution < 1.29 is 9.59 Å². The Hall–Kier alpha value is -3.14. The zero-order chi connectivity index (χ0) is 15.8. The number of carbonyl (C=O) groups is 2. The predicted molar refractivity (Wildman–Crippen MR) is 86.4 cm³/mol. The number of aromatic nitrogens is 2. The van der Waals surface area contributed by atoms with E-state index in [0.717, 1.165) is 16.3 Å². The van der Waals surface area contributed by atoms with E-state index >= 15 is 0 Å². The number of ketones is 2. The maximum atomic E-state index is 12.6. The predicted octanol–water partition coefficient (Wildman–Crippen LogP) is 3.18. The lowest BCUT2D eigenvalue weighted by Crippen LogP contribution is -2.20. The van der Waals surface area contributed by atoms with Crippen LogP contribution >= 0.6 is 0 Å². The fourth-order valence-electron chi connectivity index (χ4n) is 2.94. The number of benzene rings is 2. The van der Waals surface area contributed by atoms with Crippen LogP contribution in [0.4, 0.5) is 0 Å². The van der Waals surface area contributed by atoms with Gasteiger partial charge in [0.05, 0.1) is 5.56 Å². The molecule has 0 unspecified atom stereocenters. The molecule has 110 valence electrons. The summed E-state index contributed by atoms with van der Waals surface area (Å²) in [6.45, 7) is 0. The van der Waals surface area contributed by atoms with Crippen molar-refractivity contribution in [1.82, 2.24) is 9.97 Å². The molecule has 3 aromatic rings. The highest BCUT2D eigenvalue weighted by Gasteiger charge is 2.27. The zero-order valence-electron chi connectivity index (χ0n) is 12.2. The minimum Gasteiger partial charge on any atom is -0.289 e. The molecule has 4 nitrogen and oxygen atoms in total. The van der Waals surface area contributed by atoms with Gasteiger partial charge in [0.15, 0.2) is 5.78 Å². The van der Waals surface area contributed by atoms with E-state index in [0.29, 0.717) is 12.0 Å². The molecule has 2 aromatic carbocycles. The van der Waals surface area contributed by atoms with Gasteiger partial charge >= 0.3 is 0 Å². The Balaban J connectivity index is 1.77. The summed E-state index contributed by atoms with van der Waals surface area (Å²) >= 11 is 0. The molecule has 1 heterocycles. The molecule has 0 radical (unpaired) electrons. The monoisotopic (exact) mass is 300 g/mol. The molecular formula is C19H12N2O2. The summed E-state index contributed by atoms with van der Waals surface area (Å²) in [6.07, 6.45) is 4.52. The second-order valence-corrected chi connectivity index (χ2v) is 5.46. The van der Waals surface area contributed by atoms with Crippen LogP contribution in [0.3, 0.4) is 0 Å². The fraction of sp³-hybridized carbons (Fsp3) is 0.0526. The lowest BCUT2D eigenvalue weighted by molar-refractivity contribution is 0.0978. The lowest BCUT2D eigenvalue weighted by Gasteiger charge is -2.14. The van der Waals surface area contributed by atoms with E-state index < -0.39 is 0 Å². The summed E-state index contributed by atoms with van der Waals surface area (Å²) in [6, 6.07) is 14.0. The number of nitrogens with zero attached hydrogens (tertiary/aromatic N) is 2. The van der Waals surface area contributed by atoms with Gasteiger partial charge in [0.1, 0.15) is 12.0 Å². The first-order chi connectivity index (χ1) is 11.2. The van der Waals surface area contributed by atoms with Crippen molar-refractivity contribution in [3.05, 3.63) is 83.5 Å². The molecular weight excluding hydrogens is 288 g/mol. The quantitative estimate of drug-likeness (QED) is 0.729. The van der Waals surface area contributed by atoms with Crippen LogP contribution in [-0.2, 0) is 6.42 Å². The van der Waals surface area contributed by atoms with Crippen molar-refractivity contribution in [1.29, 1.82) is 0 Å². The third kappa shape index (κ3) is 2.25. The van der Waals surface area contributed by atoms with Crippen LogP contribution in [0.5, 0.6) is 0 Å². The molecule has 0 spiro atoms. The van der Waals surface area contributed by atoms with Crippen LogP contribution in [0.25, 0.3) is 10.8 Å².